The number of carboxylic acids is 1. The van der Waals surface area contributed by atoms with E-state index in [0.717, 1.165) is 12.8 Å². The van der Waals surface area contributed by atoms with E-state index in [1.807, 2.05) is 27.7 Å². The summed E-state index contributed by atoms with van der Waals surface area (Å²) in [4.78, 5) is 27.7. The van der Waals surface area contributed by atoms with Crippen LogP contribution >= 0.6 is 0 Å². The largest absolute Gasteiger partial charge is 0.480 e. The van der Waals surface area contributed by atoms with E-state index in [1.165, 1.54) is 4.90 Å². The number of hydrogen-bond acceptors (Lipinski definition) is 3. The lowest BCUT2D eigenvalue weighted by atomic mass is 9.76. The number of urea groups is 1. The minimum absolute atomic E-state index is 0.0150. The Morgan fingerprint density at radius 2 is 1.76 bits per heavy atom. The topological polar surface area (TPSA) is 70.1 Å². The molecule has 3 unspecified atom stereocenters. The van der Waals surface area contributed by atoms with Gasteiger partial charge in [-0.05, 0) is 32.1 Å². The average molecular weight is 298 g/mol. The van der Waals surface area contributed by atoms with E-state index in [9.17, 15) is 14.7 Å². The van der Waals surface area contributed by atoms with Crippen LogP contribution in [0.5, 0.6) is 0 Å². The molecule has 2 heterocycles. The summed E-state index contributed by atoms with van der Waals surface area (Å²) in [7, 11) is 0. The van der Waals surface area contributed by atoms with Crippen molar-refractivity contribution < 1.29 is 19.4 Å². The van der Waals surface area contributed by atoms with Gasteiger partial charge in [-0.3, -0.25) is 0 Å². The Hall–Kier alpha value is -1.30. The second-order valence-electron chi connectivity index (χ2n) is 6.97. The second kappa shape index (κ2) is 5.83. The maximum Gasteiger partial charge on any atom is 0.327 e. The van der Waals surface area contributed by atoms with Gasteiger partial charge in [0.1, 0.15) is 6.04 Å². The number of piperidine rings is 1. The van der Waals surface area contributed by atoms with E-state index in [-0.39, 0.29) is 18.2 Å². The molecule has 3 atom stereocenters. The van der Waals surface area contributed by atoms with Crippen molar-refractivity contribution >= 4 is 12.0 Å². The molecule has 6 nitrogen and oxygen atoms in total. The van der Waals surface area contributed by atoms with E-state index in [4.69, 9.17) is 4.74 Å². The fourth-order valence-corrected chi connectivity index (χ4v) is 3.58. The molecule has 0 aromatic heterocycles. The number of likely N-dealkylation sites (tertiary alicyclic amines) is 1. The second-order valence-corrected chi connectivity index (χ2v) is 6.97. The highest BCUT2D eigenvalue weighted by Gasteiger charge is 2.46. The van der Waals surface area contributed by atoms with Crippen LogP contribution in [0.25, 0.3) is 0 Å². The Labute approximate surface area is 126 Å². The van der Waals surface area contributed by atoms with Crippen LogP contribution in [0.2, 0.25) is 0 Å². The van der Waals surface area contributed by atoms with Crippen LogP contribution in [-0.4, -0.2) is 64.8 Å². The number of ether oxygens (including phenoxy) is 1. The minimum atomic E-state index is -0.914. The molecular formula is C15H26N2O4. The number of hydrogen-bond donors (Lipinski definition) is 1. The normalized spacial score (nSPS) is 32.9. The van der Waals surface area contributed by atoms with Crippen LogP contribution in [0.4, 0.5) is 4.79 Å². The standard InChI is InChI=1S/C15H26N2O4/c1-10-8-16(9-11(2)21-10)14(20)17-7-5-6-15(3,4)12(17)13(18)19/h10-12H,5-9H2,1-4H3,(H,18,19). The lowest BCUT2D eigenvalue weighted by molar-refractivity contribution is -0.149. The summed E-state index contributed by atoms with van der Waals surface area (Å²) in [5.41, 5.74) is -0.400. The molecule has 2 amide bonds. The van der Waals surface area contributed by atoms with Crippen molar-refractivity contribution in [3.05, 3.63) is 0 Å². The summed E-state index contributed by atoms with van der Waals surface area (Å²) >= 11 is 0. The van der Waals surface area contributed by atoms with Gasteiger partial charge in [0.05, 0.1) is 12.2 Å². The van der Waals surface area contributed by atoms with Crippen molar-refractivity contribution in [1.82, 2.24) is 9.80 Å². The van der Waals surface area contributed by atoms with Gasteiger partial charge in [-0.25, -0.2) is 9.59 Å². The Kier molecular flexibility index (Phi) is 4.46. The van der Waals surface area contributed by atoms with Crippen LogP contribution in [0.1, 0.15) is 40.5 Å². The maximum atomic E-state index is 12.8. The number of carbonyl (C=O) groups is 2. The third-order valence-electron chi connectivity index (χ3n) is 4.44. The molecule has 2 fully saturated rings. The van der Waals surface area contributed by atoms with Gasteiger partial charge in [-0.2, -0.15) is 0 Å². The minimum Gasteiger partial charge on any atom is -0.480 e. The zero-order valence-electron chi connectivity index (χ0n) is 13.3. The summed E-state index contributed by atoms with van der Waals surface area (Å²) < 4.78 is 5.64. The van der Waals surface area contributed by atoms with Gasteiger partial charge in [0.25, 0.3) is 0 Å². The van der Waals surface area contributed by atoms with Crippen molar-refractivity contribution in [3.63, 3.8) is 0 Å². The summed E-state index contributed by atoms with van der Waals surface area (Å²) in [6.07, 6.45) is 1.64. The van der Waals surface area contributed by atoms with Crippen molar-refractivity contribution in [2.24, 2.45) is 5.41 Å². The lowest BCUT2D eigenvalue weighted by Gasteiger charge is -2.46. The predicted molar refractivity (Wildman–Crippen MR) is 78.1 cm³/mol. The molecule has 2 aliphatic heterocycles. The predicted octanol–water partition coefficient (Wildman–Crippen LogP) is 1.79. The molecule has 1 N–H and O–H groups in total. The fourth-order valence-electron chi connectivity index (χ4n) is 3.58. The van der Waals surface area contributed by atoms with Crippen molar-refractivity contribution in [3.8, 4) is 0 Å². The summed E-state index contributed by atoms with van der Waals surface area (Å²) in [6.45, 7) is 9.28. The molecule has 21 heavy (non-hydrogen) atoms. The first kappa shape index (κ1) is 16.1. The molecule has 0 aromatic rings. The summed E-state index contributed by atoms with van der Waals surface area (Å²) in [6, 6.07) is -0.926. The van der Waals surface area contributed by atoms with E-state index >= 15 is 0 Å². The molecule has 0 spiro atoms. The first-order chi connectivity index (χ1) is 9.72. The third kappa shape index (κ3) is 3.31. The van der Waals surface area contributed by atoms with Crippen molar-refractivity contribution in [2.45, 2.75) is 58.8 Å². The highest BCUT2D eigenvalue weighted by atomic mass is 16.5. The van der Waals surface area contributed by atoms with Crippen LogP contribution in [0.3, 0.4) is 0 Å². The number of carbonyl (C=O) groups excluding carboxylic acids is 1. The van der Waals surface area contributed by atoms with E-state index in [0.29, 0.717) is 19.6 Å². The highest BCUT2D eigenvalue weighted by molar-refractivity contribution is 5.83. The van der Waals surface area contributed by atoms with E-state index in [1.54, 1.807) is 4.90 Å². The molecule has 0 radical (unpaired) electrons. The number of aliphatic carboxylic acids is 1. The first-order valence-corrected chi connectivity index (χ1v) is 7.66. The molecule has 0 bridgehead atoms. The number of carboxylic acid groups (broad SMARTS) is 1. The molecule has 0 saturated carbocycles. The van der Waals surface area contributed by atoms with Gasteiger partial charge < -0.3 is 19.6 Å². The molecule has 120 valence electrons. The number of morpholine rings is 1. The van der Waals surface area contributed by atoms with Gasteiger partial charge in [-0.1, -0.05) is 13.8 Å². The van der Waals surface area contributed by atoms with Gasteiger partial charge in [-0.15, -0.1) is 0 Å². The number of rotatable bonds is 1. The Bertz CT molecular complexity index is 414. The molecule has 2 aliphatic rings. The number of amides is 2. The van der Waals surface area contributed by atoms with Gasteiger partial charge in [0.15, 0.2) is 0 Å². The SMILES string of the molecule is CC1CN(C(=O)N2CCCC(C)(C)C2C(=O)O)CC(C)O1. The number of nitrogens with zero attached hydrogens (tertiary/aromatic N) is 2. The summed E-state index contributed by atoms with van der Waals surface area (Å²) in [5, 5.41) is 9.56. The fraction of sp³-hybridized carbons (Fsp3) is 0.867. The van der Waals surface area contributed by atoms with Gasteiger partial charge in [0.2, 0.25) is 0 Å². The zero-order valence-corrected chi connectivity index (χ0v) is 13.3. The zero-order chi connectivity index (χ0) is 15.8. The average Bonchev–Trinajstić information content (AvgIpc) is 2.34. The van der Waals surface area contributed by atoms with E-state index < -0.39 is 17.4 Å². The first-order valence-electron chi connectivity index (χ1n) is 7.66. The van der Waals surface area contributed by atoms with Crippen LogP contribution in [0.15, 0.2) is 0 Å². The molecule has 2 rings (SSSR count). The molecule has 0 aromatic carbocycles. The van der Waals surface area contributed by atoms with Crippen molar-refractivity contribution in [2.75, 3.05) is 19.6 Å². The molecule has 2 saturated heterocycles. The molecular weight excluding hydrogens is 272 g/mol. The molecule has 0 aliphatic carbocycles. The van der Waals surface area contributed by atoms with Crippen molar-refractivity contribution in [1.29, 1.82) is 0 Å². The lowest BCUT2D eigenvalue weighted by Crippen LogP contribution is -2.61. The van der Waals surface area contributed by atoms with Gasteiger partial charge in [0, 0.05) is 19.6 Å². The highest BCUT2D eigenvalue weighted by Crippen LogP contribution is 2.36. The quantitative estimate of drug-likeness (QED) is 0.801. The van der Waals surface area contributed by atoms with Crippen LogP contribution in [0, 0.1) is 5.41 Å². The summed E-state index contributed by atoms with van der Waals surface area (Å²) in [5.74, 6) is -0.914. The van der Waals surface area contributed by atoms with Crippen LogP contribution in [-0.2, 0) is 9.53 Å². The third-order valence-corrected chi connectivity index (χ3v) is 4.44. The maximum absolute atomic E-state index is 12.8. The van der Waals surface area contributed by atoms with Crippen LogP contribution < -0.4 is 0 Å². The monoisotopic (exact) mass is 298 g/mol. The Morgan fingerprint density at radius 1 is 1.19 bits per heavy atom. The van der Waals surface area contributed by atoms with E-state index in [2.05, 4.69) is 0 Å². The Morgan fingerprint density at radius 3 is 2.29 bits per heavy atom. The Balaban J connectivity index is 2.18. The van der Waals surface area contributed by atoms with Gasteiger partial charge >= 0.3 is 12.0 Å². The smallest absolute Gasteiger partial charge is 0.327 e. The molecule has 6 heteroatoms.